The van der Waals surface area contributed by atoms with Crippen molar-refractivity contribution in [1.82, 2.24) is 5.32 Å². The number of anilines is 1. The highest BCUT2D eigenvalue weighted by molar-refractivity contribution is 6.30. The molecule has 2 rings (SSSR count). The maximum atomic E-state index is 11.8. The number of carbonyl (C=O) groups excluding carboxylic acids is 1. The maximum Gasteiger partial charge on any atom is 0.239 e. The van der Waals surface area contributed by atoms with E-state index in [2.05, 4.69) is 10.6 Å². The summed E-state index contributed by atoms with van der Waals surface area (Å²) in [5.41, 5.74) is 2.00. The number of rotatable bonds is 6. The fourth-order valence-electron chi connectivity index (χ4n) is 1.92. The highest BCUT2D eigenvalue weighted by atomic mass is 35.5. The lowest BCUT2D eigenvalue weighted by Crippen LogP contribution is -2.33. The molecule has 1 unspecified atom stereocenters. The summed E-state index contributed by atoms with van der Waals surface area (Å²) in [4.78, 5) is 11.8. The van der Waals surface area contributed by atoms with Gasteiger partial charge in [-0.15, -0.1) is 0 Å². The van der Waals surface area contributed by atoms with Crippen LogP contribution in [-0.2, 0) is 4.79 Å². The second kappa shape index (κ2) is 8.18. The zero-order valence-corrected chi connectivity index (χ0v) is 13.0. The molecular formula is C17H16ClN3O2. The summed E-state index contributed by atoms with van der Waals surface area (Å²) in [6, 6.07) is 15.6. The van der Waals surface area contributed by atoms with Gasteiger partial charge in [-0.25, -0.2) is 0 Å². The first-order valence-electron chi connectivity index (χ1n) is 7.03. The van der Waals surface area contributed by atoms with Gasteiger partial charge in [0.25, 0.3) is 0 Å². The van der Waals surface area contributed by atoms with Gasteiger partial charge < -0.3 is 15.7 Å². The van der Waals surface area contributed by atoms with E-state index in [-0.39, 0.29) is 19.0 Å². The molecule has 3 N–H and O–H groups in total. The van der Waals surface area contributed by atoms with Crippen molar-refractivity contribution in [2.75, 3.05) is 18.4 Å². The number of aliphatic hydroxyl groups is 1. The van der Waals surface area contributed by atoms with E-state index in [1.165, 1.54) is 0 Å². The van der Waals surface area contributed by atoms with Gasteiger partial charge in [-0.1, -0.05) is 23.7 Å². The van der Waals surface area contributed by atoms with Crippen LogP contribution in [0.4, 0.5) is 5.69 Å². The molecule has 1 amide bonds. The number of amides is 1. The summed E-state index contributed by atoms with van der Waals surface area (Å²) >= 11 is 5.78. The van der Waals surface area contributed by atoms with E-state index in [1.807, 2.05) is 6.07 Å². The number of aliphatic hydroxyl groups excluding tert-OH is 1. The molecule has 0 fully saturated rings. The second-order valence-electron chi connectivity index (χ2n) is 4.91. The Balaban J connectivity index is 1.76. The molecule has 0 spiro atoms. The van der Waals surface area contributed by atoms with Crippen molar-refractivity contribution in [3.8, 4) is 6.07 Å². The van der Waals surface area contributed by atoms with Crippen molar-refractivity contribution in [2.24, 2.45) is 0 Å². The smallest absolute Gasteiger partial charge is 0.239 e. The van der Waals surface area contributed by atoms with Crippen LogP contribution in [0.5, 0.6) is 0 Å². The Morgan fingerprint density at radius 1 is 1.17 bits per heavy atom. The van der Waals surface area contributed by atoms with Crippen LogP contribution in [0.1, 0.15) is 17.2 Å². The summed E-state index contributed by atoms with van der Waals surface area (Å²) < 4.78 is 0. The predicted octanol–water partition coefficient (Wildman–Crippen LogP) is 2.47. The number of nitrogens with one attached hydrogen (secondary N) is 2. The van der Waals surface area contributed by atoms with Crippen molar-refractivity contribution in [3.63, 3.8) is 0 Å². The van der Waals surface area contributed by atoms with Crippen molar-refractivity contribution in [3.05, 3.63) is 64.7 Å². The number of carbonyl (C=O) groups is 1. The Labute approximate surface area is 139 Å². The Hall–Kier alpha value is -2.55. The van der Waals surface area contributed by atoms with Gasteiger partial charge >= 0.3 is 0 Å². The van der Waals surface area contributed by atoms with Crippen LogP contribution < -0.4 is 10.6 Å². The largest absolute Gasteiger partial charge is 0.387 e. The molecular weight excluding hydrogens is 314 g/mol. The van der Waals surface area contributed by atoms with Gasteiger partial charge in [-0.2, -0.15) is 5.26 Å². The van der Waals surface area contributed by atoms with Crippen LogP contribution in [0.2, 0.25) is 5.02 Å². The molecule has 0 aliphatic carbocycles. The molecule has 0 saturated carbocycles. The fourth-order valence-corrected chi connectivity index (χ4v) is 2.05. The van der Waals surface area contributed by atoms with Crippen LogP contribution in [0.25, 0.3) is 0 Å². The minimum absolute atomic E-state index is 0.0826. The zero-order chi connectivity index (χ0) is 16.7. The van der Waals surface area contributed by atoms with Gasteiger partial charge in [0.2, 0.25) is 5.91 Å². The SMILES string of the molecule is N#Cc1ccc(NCC(=O)NCC(O)c2ccc(Cl)cc2)cc1. The van der Waals surface area contributed by atoms with Crippen molar-refractivity contribution < 1.29 is 9.90 Å². The Morgan fingerprint density at radius 2 is 1.83 bits per heavy atom. The monoisotopic (exact) mass is 329 g/mol. The van der Waals surface area contributed by atoms with Crippen LogP contribution >= 0.6 is 11.6 Å². The number of benzene rings is 2. The van der Waals surface area contributed by atoms with Gasteiger partial charge in [-0.3, -0.25) is 4.79 Å². The number of hydrogen-bond donors (Lipinski definition) is 3. The minimum Gasteiger partial charge on any atom is -0.387 e. The molecule has 2 aromatic rings. The second-order valence-corrected chi connectivity index (χ2v) is 5.35. The summed E-state index contributed by atoms with van der Waals surface area (Å²) in [7, 11) is 0. The summed E-state index contributed by atoms with van der Waals surface area (Å²) in [5.74, 6) is -0.234. The molecule has 6 heteroatoms. The van der Waals surface area contributed by atoms with Crippen LogP contribution in [0.3, 0.4) is 0 Å². The first kappa shape index (κ1) is 16.8. The number of halogens is 1. The molecule has 23 heavy (non-hydrogen) atoms. The molecule has 0 aliphatic heterocycles. The van der Waals surface area contributed by atoms with E-state index in [1.54, 1.807) is 48.5 Å². The van der Waals surface area contributed by atoms with Gasteiger partial charge in [0, 0.05) is 17.3 Å². The van der Waals surface area contributed by atoms with E-state index in [9.17, 15) is 9.90 Å². The lowest BCUT2D eigenvalue weighted by molar-refractivity contribution is -0.119. The van der Waals surface area contributed by atoms with Gasteiger partial charge in [-0.05, 0) is 42.0 Å². The number of hydrogen-bond acceptors (Lipinski definition) is 4. The normalized spacial score (nSPS) is 11.3. The van der Waals surface area contributed by atoms with Crippen molar-refractivity contribution in [2.45, 2.75) is 6.10 Å². The topological polar surface area (TPSA) is 85.2 Å². The maximum absolute atomic E-state index is 11.8. The number of nitriles is 1. The highest BCUT2D eigenvalue weighted by Gasteiger charge is 2.09. The molecule has 0 aliphatic rings. The molecule has 0 bridgehead atoms. The molecule has 5 nitrogen and oxygen atoms in total. The van der Waals surface area contributed by atoms with Gasteiger partial charge in [0.15, 0.2) is 0 Å². The van der Waals surface area contributed by atoms with E-state index in [0.29, 0.717) is 16.1 Å². The molecule has 0 heterocycles. The predicted molar refractivity (Wildman–Crippen MR) is 89.1 cm³/mol. The first-order chi connectivity index (χ1) is 11.1. The highest BCUT2D eigenvalue weighted by Crippen LogP contribution is 2.15. The summed E-state index contributed by atoms with van der Waals surface area (Å²) in [6.45, 7) is 0.203. The standard InChI is InChI=1S/C17H16ClN3O2/c18-14-5-3-13(4-6-14)16(22)10-21-17(23)11-20-15-7-1-12(9-19)2-8-15/h1-8,16,20,22H,10-11H2,(H,21,23). The molecule has 118 valence electrons. The molecule has 0 radical (unpaired) electrons. The van der Waals surface area contributed by atoms with Crippen molar-refractivity contribution >= 4 is 23.2 Å². The zero-order valence-electron chi connectivity index (χ0n) is 12.3. The van der Waals surface area contributed by atoms with Crippen molar-refractivity contribution in [1.29, 1.82) is 5.26 Å². The summed E-state index contributed by atoms with van der Waals surface area (Å²) in [6.07, 6.45) is -0.786. The van der Waals surface area contributed by atoms with E-state index < -0.39 is 6.10 Å². The third-order valence-electron chi connectivity index (χ3n) is 3.21. The molecule has 0 saturated heterocycles. The fraction of sp³-hybridized carbons (Fsp3) is 0.176. The van der Waals surface area contributed by atoms with E-state index in [0.717, 1.165) is 5.69 Å². The minimum atomic E-state index is -0.786. The Kier molecular flexibility index (Phi) is 5.98. The Morgan fingerprint density at radius 3 is 2.43 bits per heavy atom. The quantitative estimate of drug-likeness (QED) is 0.760. The molecule has 0 aromatic heterocycles. The van der Waals surface area contributed by atoms with E-state index >= 15 is 0 Å². The Bertz CT molecular complexity index is 693. The first-order valence-corrected chi connectivity index (χ1v) is 7.40. The van der Waals surface area contributed by atoms with Crippen LogP contribution in [0, 0.1) is 11.3 Å². The third-order valence-corrected chi connectivity index (χ3v) is 3.47. The van der Waals surface area contributed by atoms with Gasteiger partial charge in [0.05, 0.1) is 24.3 Å². The van der Waals surface area contributed by atoms with Gasteiger partial charge in [0.1, 0.15) is 0 Å². The summed E-state index contributed by atoms with van der Waals surface area (Å²) in [5, 5.41) is 24.9. The lowest BCUT2D eigenvalue weighted by Gasteiger charge is -2.13. The third kappa shape index (κ3) is 5.29. The molecule has 1 atom stereocenters. The lowest BCUT2D eigenvalue weighted by atomic mass is 10.1. The van der Waals surface area contributed by atoms with E-state index in [4.69, 9.17) is 16.9 Å². The average Bonchev–Trinajstić information content (AvgIpc) is 2.59. The van der Waals surface area contributed by atoms with Crippen LogP contribution in [-0.4, -0.2) is 24.1 Å². The molecule has 2 aromatic carbocycles. The number of nitrogens with zero attached hydrogens (tertiary/aromatic N) is 1. The average molecular weight is 330 g/mol. The van der Waals surface area contributed by atoms with Crippen LogP contribution in [0.15, 0.2) is 48.5 Å².